The largest absolute Gasteiger partial charge is 0.463 e. The molecule has 0 aliphatic carbocycles. The molecule has 2 aromatic heterocycles. The van der Waals surface area contributed by atoms with Crippen LogP contribution in [0.15, 0.2) is 61.9 Å². The standard InChI is InChI=1S/C21H16ClIN2O4S/c1-3-28-20(27)17-11(2)24-21-25(18(17)13-6-4-5-7-14(13)22)19(26)15(30-21)10-12-8-9-16(23)29-12/h4-10,18H,3H2,1-2H3/b15-10-. The number of nitrogens with zero attached hydrogens (tertiary/aromatic N) is 2. The van der Waals surface area contributed by atoms with Gasteiger partial charge in [-0.2, -0.15) is 0 Å². The molecule has 0 radical (unpaired) electrons. The van der Waals surface area contributed by atoms with Crippen molar-refractivity contribution in [3.05, 3.63) is 87.5 Å². The van der Waals surface area contributed by atoms with Gasteiger partial charge in [-0.1, -0.05) is 41.1 Å². The molecule has 0 N–H and O–H groups in total. The van der Waals surface area contributed by atoms with Crippen LogP contribution in [0.4, 0.5) is 0 Å². The van der Waals surface area contributed by atoms with E-state index < -0.39 is 12.0 Å². The molecule has 9 heteroatoms. The maximum Gasteiger partial charge on any atom is 0.338 e. The van der Waals surface area contributed by atoms with E-state index in [4.69, 9.17) is 20.8 Å². The van der Waals surface area contributed by atoms with Crippen LogP contribution in [0.5, 0.6) is 0 Å². The lowest BCUT2D eigenvalue weighted by molar-refractivity contribution is -0.139. The minimum absolute atomic E-state index is 0.215. The number of carbonyl (C=O) groups is 1. The minimum Gasteiger partial charge on any atom is -0.463 e. The van der Waals surface area contributed by atoms with Gasteiger partial charge in [0, 0.05) is 11.1 Å². The summed E-state index contributed by atoms with van der Waals surface area (Å²) in [6.07, 6.45) is 1.68. The van der Waals surface area contributed by atoms with Gasteiger partial charge in [-0.3, -0.25) is 9.36 Å². The Morgan fingerprint density at radius 2 is 2.13 bits per heavy atom. The third kappa shape index (κ3) is 3.79. The average Bonchev–Trinajstić information content (AvgIpc) is 3.24. The Balaban J connectivity index is 1.99. The highest BCUT2D eigenvalue weighted by atomic mass is 127. The molecular weight excluding hydrogens is 539 g/mol. The van der Waals surface area contributed by atoms with Crippen molar-refractivity contribution >= 4 is 57.6 Å². The van der Waals surface area contributed by atoms with Crippen molar-refractivity contribution in [1.82, 2.24) is 4.57 Å². The predicted octanol–water partition coefficient (Wildman–Crippen LogP) is 3.65. The lowest BCUT2D eigenvalue weighted by Gasteiger charge is -2.25. The van der Waals surface area contributed by atoms with Crippen molar-refractivity contribution in [2.75, 3.05) is 6.61 Å². The maximum atomic E-state index is 13.4. The molecule has 1 aliphatic rings. The fourth-order valence-electron chi connectivity index (χ4n) is 3.32. The third-order valence-electron chi connectivity index (χ3n) is 4.58. The van der Waals surface area contributed by atoms with Crippen molar-refractivity contribution in [1.29, 1.82) is 0 Å². The highest BCUT2D eigenvalue weighted by Crippen LogP contribution is 2.34. The van der Waals surface area contributed by atoms with E-state index in [1.165, 1.54) is 15.9 Å². The van der Waals surface area contributed by atoms with Crippen LogP contribution in [-0.4, -0.2) is 17.1 Å². The molecule has 6 nitrogen and oxygen atoms in total. The Morgan fingerprint density at radius 3 is 2.80 bits per heavy atom. The highest BCUT2D eigenvalue weighted by molar-refractivity contribution is 14.1. The van der Waals surface area contributed by atoms with Gasteiger partial charge in [0.25, 0.3) is 5.56 Å². The second kappa shape index (κ2) is 8.52. The predicted molar refractivity (Wildman–Crippen MR) is 123 cm³/mol. The Morgan fingerprint density at radius 1 is 1.37 bits per heavy atom. The smallest absolute Gasteiger partial charge is 0.338 e. The number of furan rings is 1. The number of carbonyl (C=O) groups excluding carboxylic acids is 1. The number of hydrogen-bond donors (Lipinski definition) is 0. The first-order chi connectivity index (χ1) is 14.4. The highest BCUT2D eigenvalue weighted by Gasteiger charge is 2.34. The summed E-state index contributed by atoms with van der Waals surface area (Å²) in [6, 6.07) is 10.0. The van der Waals surface area contributed by atoms with Crippen LogP contribution in [0, 0.1) is 3.77 Å². The van der Waals surface area contributed by atoms with Crippen LogP contribution in [0.25, 0.3) is 6.08 Å². The topological polar surface area (TPSA) is 73.8 Å². The summed E-state index contributed by atoms with van der Waals surface area (Å²) in [5, 5.41) is 0.453. The van der Waals surface area contributed by atoms with Gasteiger partial charge in [-0.15, -0.1) is 0 Å². The van der Waals surface area contributed by atoms with Crippen molar-refractivity contribution in [3.8, 4) is 0 Å². The van der Waals surface area contributed by atoms with E-state index in [-0.39, 0.29) is 12.2 Å². The van der Waals surface area contributed by atoms with Crippen molar-refractivity contribution in [3.63, 3.8) is 0 Å². The first-order valence-corrected chi connectivity index (χ1v) is 11.4. The fraction of sp³-hybridized carbons (Fsp3) is 0.190. The summed E-state index contributed by atoms with van der Waals surface area (Å²) in [5.74, 6) is 0.0545. The average molecular weight is 555 g/mol. The monoisotopic (exact) mass is 554 g/mol. The van der Waals surface area contributed by atoms with Crippen LogP contribution < -0.4 is 14.9 Å². The molecule has 4 rings (SSSR count). The maximum absolute atomic E-state index is 13.4. The Labute approximate surface area is 194 Å². The molecule has 0 saturated carbocycles. The Hall–Kier alpha value is -2.17. The summed E-state index contributed by atoms with van der Waals surface area (Å²) in [7, 11) is 0. The second-order valence-electron chi connectivity index (χ2n) is 6.47. The van der Waals surface area contributed by atoms with Gasteiger partial charge in [-0.05, 0) is 60.2 Å². The normalized spacial score (nSPS) is 16.4. The molecule has 1 atom stereocenters. The van der Waals surface area contributed by atoms with Crippen LogP contribution in [0.3, 0.4) is 0 Å². The van der Waals surface area contributed by atoms with Gasteiger partial charge in [0.05, 0.1) is 22.4 Å². The zero-order valence-electron chi connectivity index (χ0n) is 16.0. The molecule has 3 aromatic rings. The molecule has 0 fully saturated rings. The number of halogens is 2. The minimum atomic E-state index is -0.729. The molecule has 1 aromatic carbocycles. The number of thiazole rings is 1. The van der Waals surface area contributed by atoms with Gasteiger partial charge >= 0.3 is 5.97 Å². The fourth-order valence-corrected chi connectivity index (χ4v) is 5.02. The molecule has 3 heterocycles. The lowest BCUT2D eigenvalue weighted by atomic mass is 9.96. The number of allylic oxidation sites excluding steroid dienone is 1. The van der Waals surface area contributed by atoms with Gasteiger partial charge < -0.3 is 9.15 Å². The van der Waals surface area contributed by atoms with E-state index in [9.17, 15) is 9.59 Å². The lowest BCUT2D eigenvalue weighted by Crippen LogP contribution is -2.40. The number of rotatable bonds is 4. The third-order valence-corrected chi connectivity index (χ3v) is 6.49. The quantitative estimate of drug-likeness (QED) is 0.365. The van der Waals surface area contributed by atoms with Gasteiger partial charge in [0.1, 0.15) is 11.8 Å². The van der Waals surface area contributed by atoms with Crippen LogP contribution in [-0.2, 0) is 9.53 Å². The SMILES string of the molecule is CCOC(=O)C1=C(C)N=c2s/c(=C\c3ccc(I)o3)c(=O)n2C1c1ccccc1Cl. The van der Waals surface area contributed by atoms with E-state index in [0.717, 1.165) is 3.77 Å². The van der Waals surface area contributed by atoms with Gasteiger partial charge in [0.2, 0.25) is 0 Å². The molecule has 154 valence electrons. The van der Waals surface area contributed by atoms with Crippen molar-refractivity contribution < 1.29 is 13.9 Å². The molecular formula is C21H16ClIN2O4S. The van der Waals surface area contributed by atoms with Crippen LogP contribution in [0.1, 0.15) is 31.2 Å². The van der Waals surface area contributed by atoms with E-state index in [1.807, 2.05) is 12.1 Å². The second-order valence-corrected chi connectivity index (χ2v) is 8.95. The Kier molecular flexibility index (Phi) is 5.99. The molecule has 1 aliphatic heterocycles. The molecule has 0 amide bonds. The van der Waals surface area contributed by atoms with E-state index in [1.54, 1.807) is 44.2 Å². The molecule has 30 heavy (non-hydrogen) atoms. The van der Waals surface area contributed by atoms with E-state index in [0.29, 0.717) is 37.0 Å². The van der Waals surface area contributed by atoms with E-state index in [2.05, 4.69) is 27.6 Å². The van der Waals surface area contributed by atoms with E-state index >= 15 is 0 Å². The number of aromatic nitrogens is 1. The van der Waals surface area contributed by atoms with Gasteiger partial charge in [0.15, 0.2) is 8.57 Å². The van der Waals surface area contributed by atoms with Crippen molar-refractivity contribution in [2.45, 2.75) is 19.9 Å². The summed E-state index contributed by atoms with van der Waals surface area (Å²) in [6.45, 7) is 3.69. The number of hydrogen-bond acceptors (Lipinski definition) is 6. The summed E-state index contributed by atoms with van der Waals surface area (Å²) < 4.78 is 13.5. The number of esters is 1. The van der Waals surface area contributed by atoms with Gasteiger partial charge in [-0.25, -0.2) is 9.79 Å². The summed E-state index contributed by atoms with van der Waals surface area (Å²) in [5.41, 5.74) is 1.16. The summed E-state index contributed by atoms with van der Waals surface area (Å²) >= 11 is 9.77. The number of fused-ring (bicyclic) bond motifs is 1. The zero-order valence-corrected chi connectivity index (χ0v) is 19.7. The number of ether oxygens (including phenoxy) is 1. The first kappa shape index (κ1) is 21.1. The molecule has 0 bridgehead atoms. The molecule has 1 unspecified atom stereocenters. The zero-order chi connectivity index (χ0) is 21.4. The molecule has 0 spiro atoms. The molecule has 0 saturated heterocycles. The summed E-state index contributed by atoms with van der Waals surface area (Å²) in [4.78, 5) is 31.2. The Bertz CT molecular complexity index is 1350. The van der Waals surface area contributed by atoms with Crippen LogP contribution >= 0.6 is 45.5 Å². The van der Waals surface area contributed by atoms with Crippen molar-refractivity contribution in [2.24, 2.45) is 4.99 Å². The first-order valence-electron chi connectivity index (χ1n) is 9.10. The number of benzene rings is 1. The van der Waals surface area contributed by atoms with Crippen LogP contribution in [0.2, 0.25) is 5.02 Å².